The Bertz CT molecular complexity index is 549. The van der Waals surface area contributed by atoms with Crippen LogP contribution in [-0.4, -0.2) is 7.11 Å². The number of aryl methyl sites for hydroxylation is 1. The summed E-state index contributed by atoms with van der Waals surface area (Å²) in [5.41, 5.74) is 8.64. The van der Waals surface area contributed by atoms with Crippen molar-refractivity contribution in [3.05, 3.63) is 47.8 Å². The topological polar surface area (TPSA) is 47.3 Å². The van der Waals surface area contributed by atoms with E-state index in [0.29, 0.717) is 22.8 Å². The molecule has 0 amide bonds. The van der Waals surface area contributed by atoms with Crippen molar-refractivity contribution in [2.75, 3.05) is 18.2 Å². The Morgan fingerprint density at radius 2 is 1.94 bits per heavy atom. The Balaban J connectivity index is 2.33. The molecule has 0 bridgehead atoms. The lowest BCUT2D eigenvalue weighted by atomic mass is 10.2. The van der Waals surface area contributed by atoms with E-state index in [2.05, 4.69) is 5.32 Å². The summed E-state index contributed by atoms with van der Waals surface area (Å²) in [6.45, 7) is 1.84. The van der Waals surface area contributed by atoms with E-state index in [1.807, 2.05) is 13.0 Å². The Morgan fingerprint density at radius 3 is 2.61 bits per heavy atom. The summed E-state index contributed by atoms with van der Waals surface area (Å²) < 4.78 is 18.4. The van der Waals surface area contributed by atoms with Gasteiger partial charge in [0.15, 0.2) is 0 Å². The van der Waals surface area contributed by atoms with Crippen LogP contribution in [0.4, 0.5) is 21.5 Å². The molecule has 0 heterocycles. The zero-order chi connectivity index (χ0) is 13.1. The fourth-order valence-corrected chi connectivity index (χ4v) is 1.73. The Morgan fingerprint density at radius 1 is 1.17 bits per heavy atom. The largest absolute Gasteiger partial charge is 0.497 e. The second-order valence-corrected chi connectivity index (χ2v) is 4.10. The highest BCUT2D eigenvalue weighted by molar-refractivity contribution is 5.74. The zero-order valence-electron chi connectivity index (χ0n) is 10.3. The molecule has 2 aromatic carbocycles. The van der Waals surface area contributed by atoms with Crippen LogP contribution in [0.15, 0.2) is 36.4 Å². The maximum atomic E-state index is 13.3. The maximum Gasteiger partial charge on any atom is 0.125 e. The number of anilines is 3. The molecule has 2 aromatic rings. The lowest BCUT2D eigenvalue weighted by Gasteiger charge is -2.11. The summed E-state index contributed by atoms with van der Waals surface area (Å²) in [6.07, 6.45) is 0. The van der Waals surface area contributed by atoms with Gasteiger partial charge in [-0.05, 0) is 42.8 Å². The second kappa shape index (κ2) is 4.96. The van der Waals surface area contributed by atoms with Gasteiger partial charge in [0.25, 0.3) is 0 Å². The van der Waals surface area contributed by atoms with Gasteiger partial charge in [-0.15, -0.1) is 0 Å². The highest BCUT2D eigenvalue weighted by Gasteiger charge is 2.04. The molecule has 2 rings (SSSR count). The van der Waals surface area contributed by atoms with Crippen molar-refractivity contribution in [2.45, 2.75) is 6.92 Å². The Labute approximate surface area is 105 Å². The molecule has 4 heteroatoms. The van der Waals surface area contributed by atoms with Crippen molar-refractivity contribution in [3.8, 4) is 5.75 Å². The van der Waals surface area contributed by atoms with Crippen LogP contribution >= 0.6 is 0 Å². The first-order valence-electron chi connectivity index (χ1n) is 5.56. The average molecular weight is 246 g/mol. The van der Waals surface area contributed by atoms with Gasteiger partial charge in [0, 0.05) is 11.8 Å². The van der Waals surface area contributed by atoms with Gasteiger partial charge >= 0.3 is 0 Å². The molecule has 0 saturated carbocycles. The molecule has 0 spiro atoms. The molecule has 0 aromatic heterocycles. The number of hydrogen-bond donors (Lipinski definition) is 2. The van der Waals surface area contributed by atoms with E-state index >= 15 is 0 Å². The van der Waals surface area contributed by atoms with E-state index < -0.39 is 0 Å². The number of benzene rings is 2. The Hall–Kier alpha value is -2.23. The van der Waals surface area contributed by atoms with Crippen LogP contribution in [0.1, 0.15) is 5.56 Å². The SMILES string of the molecule is COc1ccc(N)c(Nc2cc(C)cc(F)c2)c1. The fraction of sp³-hybridized carbons (Fsp3) is 0.143. The monoisotopic (exact) mass is 246 g/mol. The van der Waals surface area contributed by atoms with Gasteiger partial charge in [0.05, 0.1) is 18.5 Å². The first kappa shape index (κ1) is 12.2. The molecule has 18 heavy (non-hydrogen) atoms. The number of hydrogen-bond acceptors (Lipinski definition) is 3. The smallest absolute Gasteiger partial charge is 0.125 e. The molecule has 94 valence electrons. The quantitative estimate of drug-likeness (QED) is 0.815. The van der Waals surface area contributed by atoms with E-state index in [1.165, 1.54) is 12.1 Å². The number of nitrogens with two attached hydrogens (primary N) is 1. The zero-order valence-corrected chi connectivity index (χ0v) is 10.3. The third kappa shape index (κ3) is 2.71. The van der Waals surface area contributed by atoms with Gasteiger partial charge < -0.3 is 15.8 Å². The van der Waals surface area contributed by atoms with Gasteiger partial charge in [-0.1, -0.05) is 0 Å². The van der Waals surface area contributed by atoms with Crippen LogP contribution in [0, 0.1) is 12.7 Å². The van der Waals surface area contributed by atoms with Crippen LogP contribution in [-0.2, 0) is 0 Å². The highest BCUT2D eigenvalue weighted by atomic mass is 19.1. The predicted octanol–water partition coefficient (Wildman–Crippen LogP) is 3.47. The summed E-state index contributed by atoms with van der Waals surface area (Å²) in [5, 5.41) is 3.08. The van der Waals surface area contributed by atoms with E-state index in [0.717, 1.165) is 5.56 Å². The minimum Gasteiger partial charge on any atom is -0.497 e. The fourth-order valence-electron chi connectivity index (χ4n) is 1.73. The van der Waals surface area contributed by atoms with Gasteiger partial charge in [-0.25, -0.2) is 4.39 Å². The van der Waals surface area contributed by atoms with E-state index in [-0.39, 0.29) is 5.82 Å². The van der Waals surface area contributed by atoms with Crippen LogP contribution in [0.5, 0.6) is 5.75 Å². The lowest BCUT2D eigenvalue weighted by Crippen LogP contribution is -1.98. The minimum atomic E-state index is -0.279. The molecular weight excluding hydrogens is 231 g/mol. The summed E-state index contributed by atoms with van der Waals surface area (Å²) >= 11 is 0. The van der Waals surface area contributed by atoms with Crippen molar-refractivity contribution < 1.29 is 9.13 Å². The summed E-state index contributed by atoms with van der Waals surface area (Å²) in [4.78, 5) is 0. The molecule has 0 fully saturated rings. The highest BCUT2D eigenvalue weighted by Crippen LogP contribution is 2.28. The van der Waals surface area contributed by atoms with Crippen molar-refractivity contribution in [1.82, 2.24) is 0 Å². The third-order valence-corrected chi connectivity index (χ3v) is 2.58. The van der Waals surface area contributed by atoms with Gasteiger partial charge in [-0.2, -0.15) is 0 Å². The molecule has 0 aliphatic heterocycles. The number of nitrogens with one attached hydrogen (secondary N) is 1. The molecule has 3 nitrogen and oxygen atoms in total. The summed E-state index contributed by atoms with van der Waals surface area (Å²) in [5.74, 6) is 0.416. The van der Waals surface area contributed by atoms with E-state index in [9.17, 15) is 4.39 Å². The van der Waals surface area contributed by atoms with Gasteiger partial charge in [-0.3, -0.25) is 0 Å². The summed E-state index contributed by atoms with van der Waals surface area (Å²) in [7, 11) is 1.58. The number of methoxy groups -OCH3 is 1. The first-order valence-corrected chi connectivity index (χ1v) is 5.56. The van der Waals surface area contributed by atoms with Crippen LogP contribution in [0.25, 0.3) is 0 Å². The van der Waals surface area contributed by atoms with Crippen LogP contribution in [0.3, 0.4) is 0 Å². The number of halogens is 1. The van der Waals surface area contributed by atoms with Crippen LogP contribution < -0.4 is 15.8 Å². The minimum absolute atomic E-state index is 0.279. The number of rotatable bonds is 3. The lowest BCUT2D eigenvalue weighted by molar-refractivity contribution is 0.415. The molecule has 0 saturated heterocycles. The second-order valence-electron chi connectivity index (χ2n) is 4.10. The van der Waals surface area contributed by atoms with E-state index in [1.54, 1.807) is 25.3 Å². The number of nitrogen functional groups attached to an aromatic ring is 1. The van der Waals surface area contributed by atoms with Crippen molar-refractivity contribution in [2.24, 2.45) is 0 Å². The first-order chi connectivity index (χ1) is 8.58. The molecule has 0 unspecified atom stereocenters. The van der Waals surface area contributed by atoms with Crippen molar-refractivity contribution in [1.29, 1.82) is 0 Å². The third-order valence-electron chi connectivity index (χ3n) is 2.58. The molecule has 3 N–H and O–H groups in total. The standard InChI is InChI=1S/C14H15FN2O/c1-9-5-10(15)7-11(6-9)17-14-8-12(18-2)3-4-13(14)16/h3-8,17H,16H2,1-2H3. The molecule has 0 atom stereocenters. The van der Waals surface area contributed by atoms with Gasteiger partial charge in [0.2, 0.25) is 0 Å². The van der Waals surface area contributed by atoms with Crippen molar-refractivity contribution in [3.63, 3.8) is 0 Å². The molecule has 0 aliphatic rings. The molecular formula is C14H15FN2O. The normalized spacial score (nSPS) is 10.2. The van der Waals surface area contributed by atoms with E-state index in [4.69, 9.17) is 10.5 Å². The summed E-state index contributed by atoms with van der Waals surface area (Å²) in [6, 6.07) is 10.0. The van der Waals surface area contributed by atoms with Crippen molar-refractivity contribution >= 4 is 17.1 Å². The predicted molar refractivity (Wildman–Crippen MR) is 71.8 cm³/mol. The Kier molecular flexibility index (Phi) is 3.37. The van der Waals surface area contributed by atoms with Crippen LogP contribution in [0.2, 0.25) is 0 Å². The average Bonchev–Trinajstić information content (AvgIpc) is 2.30. The maximum absolute atomic E-state index is 13.3. The molecule has 0 radical (unpaired) electrons. The molecule has 0 aliphatic carbocycles. The number of ether oxygens (including phenoxy) is 1. The van der Waals surface area contributed by atoms with Gasteiger partial charge in [0.1, 0.15) is 11.6 Å².